The Balaban J connectivity index is 1.52. The van der Waals surface area contributed by atoms with Crippen molar-refractivity contribution in [2.45, 2.75) is 77.4 Å². The topological polar surface area (TPSA) is 109 Å². The maximum atomic E-state index is 12.8. The molecule has 0 aliphatic carbocycles. The van der Waals surface area contributed by atoms with Crippen LogP contribution in [0.2, 0.25) is 0 Å². The molecule has 1 fully saturated rings. The van der Waals surface area contributed by atoms with Gasteiger partial charge in [-0.25, -0.2) is 4.79 Å². The number of nitrogens with zero attached hydrogens (tertiary/aromatic N) is 2. The molecule has 2 heterocycles. The average Bonchev–Trinajstić information content (AvgIpc) is 2.96. The summed E-state index contributed by atoms with van der Waals surface area (Å²) in [6.45, 7) is 6.11. The fourth-order valence-electron chi connectivity index (χ4n) is 3.97. The zero-order valence-electron chi connectivity index (χ0n) is 19.8. The zero-order chi connectivity index (χ0) is 24.2. The number of aryl methyl sites for hydroxylation is 1. The van der Waals surface area contributed by atoms with Crippen molar-refractivity contribution in [1.29, 1.82) is 0 Å². The summed E-state index contributed by atoms with van der Waals surface area (Å²) in [5, 5.41) is 2.31. The Kier molecular flexibility index (Phi) is 7.61. The van der Waals surface area contributed by atoms with Crippen LogP contribution in [-0.4, -0.2) is 39.1 Å². The molecule has 1 saturated heterocycles. The lowest BCUT2D eigenvalue weighted by molar-refractivity contribution is -0.155. The summed E-state index contributed by atoms with van der Waals surface area (Å²) in [4.78, 5) is 48.2. The van der Waals surface area contributed by atoms with Gasteiger partial charge >= 0.3 is 11.7 Å². The highest BCUT2D eigenvalue weighted by atomic mass is 16.6. The third-order valence-electron chi connectivity index (χ3n) is 5.55. The lowest BCUT2D eigenvalue weighted by Crippen LogP contribution is -2.44. The first kappa shape index (κ1) is 24.5. The Morgan fingerprint density at radius 1 is 1.09 bits per heavy atom. The number of imide groups is 1. The number of fused-ring (bicyclic) bond motifs is 1. The van der Waals surface area contributed by atoms with Crippen LogP contribution < -0.4 is 15.7 Å². The maximum Gasteiger partial charge on any atom is 0.329 e. The first-order chi connectivity index (χ1) is 15.6. The second-order valence-corrected chi connectivity index (χ2v) is 9.43. The molecule has 3 rings (SSSR count). The van der Waals surface area contributed by atoms with Gasteiger partial charge in [-0.3, -0.25) is 28.8 Å². The van der Waals surface area contributed by atoms with E-state index in [1.807, 2.05) is 20.8 Å². The van der Waals surface area contributed by atoms with Gasteiger partial charge in [0, 0.05) is 26.0 Å². The molecule has 33 heavy (non-hydrogen) atoms. The van der Waals surface area contributed by atoms with E-state index in [4.69, 9.17) is 9.47 Å². The van der Waals surface area contributed by atoms with Crippen molar-refractivity contribution in [1.82, 2.24) is 14.5 Å². The smallest absolute Gasteiger partial charge is 0.329 e. The van der Waals surface area contributed by atoms with Crippen molar-refractivity contribution < 1.29 is 23.9 Å². The van der Waals surface area contributed by atoms with E-state index in [0.717, 1.165) is 25.7 Å². The quantitative estimate of drug-likeness (QED) is 0.351. The number of hydrogen-bond acceptors (Lipinski definition) is 6. The summed E-state index contributed by atoms with van der Waals surface area (Å²) >= 11 is 0. The second kappa shape index (κ2) is 10.2. The van der Waals surface area contributed by atoms with Gasteiger partial charge in [-0.15, -0.1) is 0 Å². The minimum absolute atomic E-state index is 0.165. The number of amides is 2. The van der Waals surface area contributed by atoms with Crippen molar-refractivity contribution in [2.75, 3.05) is 6.61 Å². The van der Waals surface area contributed by atoms with Gasteiger partial charge in [0.2, 0.25) is 11.8 Å². The summed E-state index contributed by atoms with van der Waals surface area (Å²) in [5.74, 6) is -0.285. The molecule has 0 radical (unpaired) electrons. The van der Waals surface area contributed by atoms with Crippen LogP contribution >= 0.6 is 0 Å². The molecule has 1 atom stereocenters. The highest BCUT2D eigenvalue weighted by Crippen LogP contribution is 2.26. The monoisotopic (exact) mass is 459 g/mol. The second-order valence-electron chi connectivity index (χ2n) is 9.43. The van der Waals surface area contributed by atoms with Crippen LogP contribution in [0.25, 0.3) is 11.0 Å². The van der Waals surface area contributed by atoms with Crippen LogP contribution in [-0.2, 0) is 26.2 Å². The molecule has 1 aromatic carbocycles. The number of piperidine rings is 1. The minimum atomic E-state index is -0.702. The van der Waals surface area contributed by atoms with Gasteiger partial charge < -0.3 is 9.47 Å². The van der Waals surface area contributed by atoms with Gasteiger partial charge in [-0.2, -0.15) is 0 Å². The van der Waals surface area contributed by atoms with E-state index in [0.29, 0.717) is 36.2 Å². The first-order valence-electron chi connectivity index (χ1n) is 11.5. The summed E-state index contributed by atoms with van der Waals surface area (Å²) in [7, 11) is 1.65. The van der Waals surface area contributed by atoms with Crippen LogP contribution in [0.4, 0.5) is 0 Å². The third-order valence-corrected chi connectivity index (χ3v) is 5.55. The van der Waals surface area contributed by atoms with Gasteiger partial charge in [-0.1, -0.05) is 12.8 Å². The van der Waals surface area contributed by atoms with Crippen LogP contribution in [0.1, 0.15) is 71.8 Å². The molecule has 1 N–H and O–H groups in total. The van der Waals surface area contributed by atoms with Crippen molar-refractivity contribution in [3.63, 3.8) is 0 Å². The number of rotatable bonds is 9. The van der Waals surface area contributed by atoms with Crippen molar-refractivity contribution in [2.24, 2.45) is 7.05 Å². The molecule has 9 heteroatoms. The summed E-state index contributed by atoms with van der Waals surface area (Å²) in [6.07, 6.45) is 4.43. The van der Waals surface area contributed by atoms with Crippen LogP contribution in [0.15, 0.2) is 23.0 Å². The number of aromatic nitrogens is 2. The number of hydrogen-bond donors (Lipinski definition) is 1. The Morgan fingerprint density at radius 3 is 2.52 bits per heavy atom. The SMILES string of the molecule is Cn1c(=O)n(C2CCC(=O)NC2=O)c2ccc(OCCCCCCC(=O)OC(C)(C)C)cc21. The lowest BCUT2D eigenvalue weighted by Gasteiger charge is -2.21. The molecule has 9 nitrogen and oxygen atoms in total. The van der Waals surface area contributed by atoms with E-state index in [1.165, 1.54) is 9.13 Å². The molecule has 0 spiro atoms. The normalized spacial score (nSPS) is 16.7. The van der Waals surface area contributed by atoms with Crippen molar-refractivity contribution in [3.8, 4) is 5.75 Å². The van der Waals surface area contributed by atoms with E-state index in [2.05, 4.69) is 5.32 Å². The maximum absolute atomic E-state index is 12.8. The van der Waals surface area contributed by atoms with Gasteiger partial charge in [-0.05, 0) is 52.2 Å². The zero-order valence-corrected chi connectivity index (χ0v) is 19.8. The molecule has 180 valence electrons. The largest absolute Gasteiger partial charge is 0.494 e. The van der Waals surface area contributed by atoms with Gasteiger partial charge in [0.1, 0.15) is 17.4 Å². The molecule has 1 aliphatic heterocycles. The third kappa shape index (κ3) is 6.24. The first-order valence-corrected chi connectivity index (χ1v) is 11.5. The summed E-state index contributed by atoms with van der Waals surface area (Å²) in [6, 6.07) is 4.65. The summed E-state index contributed by atoms with van der Waals surface area (Å²) in [5.41, 5.74) is 0.547. The predicted molar refractivity (Wildman–Crippen MR) is 123 cm³/mol. The number of ether oxygens (including phenoxy) is 2. The van der Waals surface area contributed by atoms with E-state index < -0.39 is 17.6 Å². The van der Waals surface area contributed by atoms with E-state index in [9.17, 15) is 19.2 Å². The Bertz CT molecular complexity index is 1090. The molecule has 1 unspecified atom stereocenters. The summed E-state index contributed by atoms with van der Waals surface area (Å²) < 4.78 is 14.1. The highest BCUT2D eigenvalue weighted by molar-refractivity contribution is 6.00. The number of imidazole rings is 1. The number of unbranched alkanes of at least 4 members (excludes halogenated alkanes) is 3. The lowest BCUT2D eigenvalue weighted by atomic mass is 10.1. The minimum Gasteiger partial charge on any atom is -0.494 e. The molecule has 1 aliphatic rings. The molecule has 2 amide bonds. The molecule has 2 aromatic rings. The van der Waals surface area contributed by atoms with Crippen LogP contribution in [0.3, 0.4) is 0 Å². The number of carbonyl (C=O) groups excluding carboxylic acids is 3. The van der Waals surface area contributed by atoms with E-state index >= 15 is 0 Å². The van der Waals surface area contributed by atoms with E-state index in [-0.39, 0.29) is 24.0 Å². The number of benzene rings is 1. The number of esters is 1. The standard InChI is InChI=1S/C24H33N3O6/c1-24(2,3)33-21(29)9-7-5-6-8-14-32-16-10-11-17-19(15-16)26(4)23(31)27(17)18-12-13-20(28)25-22(18)30/h10-11,15,18H,5-9,12-14H2,1-4H3,(H,25,28,30). The van der Waals surface area contributed by atoms with Gasteiger partial charge in [0.25, 0.3) is 0 Å². The Labute approximate surface area is 193 Å². The van der Waals surface area contributed by atoms with Crippen LogP contribution in [0.5, 0.6) is 5.75 Å². The van der Waals surface area contributed by atoms with Gasteiger partial charge in [0.15, 0.2) is 0 Å². The fourth-order valence-corrected chi connectivity index (χ4v) is 3.97. The van der Waals surface area contributed by atoms with Crippen LogP contribution in [0, 0.1) is 0 Å². The average molecular weight is 460 g/mol. The molecular weight excluding hydrogens is 426 g/mol. The molecule has 1 aromatic heterocycles. The molecular formula is C24H33N3O6. The number of nitrogens with one attached hydrogen (secondary N) is 1. The van der Waals surface area contributed by atoms with Gasteiger partial charge in [0.05, 0.1) is 17.6 Å². The van der Waals surface area contributed by atoms with Crippen molar-refractivity contribution >= 4 is 28.8 Å². The fraction of sp³-hybridized carbons (Fsp3) is 0.583. The Hall–Kier alpha value is -3.10. The highest BCUT2D eigenvalue weighted by Gasteiger charge is 2.31. The van der Waals surface area contributed by atoms with E-state index in [1.54, 1.807) is 25.2 Å². The van der Waals surface area contributed by atoms with Crippen molar-refractivity contribution in [3.05, 3.63) is 28.7 Å². The Morgan fingerprint density at radius 2 is 1.82 bits per heavy atom. The molecule has 0 bridgehead atoms. The molecule has 0 saturated carbocycles. The number of carbonyl (C=O) groups is 3. The predicted octanol–water partition coefficient (Wildman–Crippen LogP) is 2.99.